The van der Waals surface area contributed by atoms with Gasteiger partial charge in [-0.3, -0.25) is 9.71 Å². The van der Waals surface area contributed by atoms with Crippen molar-refractivity contribution in [1.29, 1.82) is 0 Å². The molecule has 0 spiro atoms. The van der Waals surface area contributed by atoms with Crippen LogP contribution in [0.3, 0.4) is 0 Å². The van der Waals surface area contributed by atoms with Crippen LogP contribution < -0.4 is 4.72 Å². The number of fused-ring (bicyclic) bond motifs is 1. The van der Waals surface area contributed by atoms with Gasteiger partial charge in [-0.25, -0.2) is 18.2 Å². The van der Waals surface area contributed by atoms with E-state index in [2.05, 4.69) is 26.5 Å². The van der Waals surface area contributed by atoms with Crippen molar-refractivity contribution < 1.29 is 18.3 Å². The van der Waals surface area contributed by atoms with Gasteiger partial charge in [0.25, 0.3) is 10.0 Å². The van der Waals surface area contributed by atoms with Gasteiger partial charge in [0.2, 0.25) is 0 Å². The van der Waals surface area contributed by atoms with Crippen molar-refractivity contribution in [3.8, 4) is 11.8 Å². The number of benzene rings is 2. The van der Waals surface area contributed by atoms with E-state index < -0.39 is 16.0 Å². The maximum absolute atomic E-state index is 13.4. The number of para-hydroxylation sites is 1. The van der Waals surface area contributed by atoms with Gasteiger partial charge in [0.05, 0.1) is 11.2 Å². The molecule has 0 unspecified atom stereocenters. The minimum atomic E-state index is -3.97. The zero-order valence-electron chi connectivity index (χ0n) is 17.8. The Morgan fingerprint density at radius 1 is 0.970 bits per heavy atom. The van der Waals surface area contributed by atoms with Gasteiger partial charge in [-0.15, -0.1) is 0 Å². The molecule has 2 aromatic heterocycles. The molecular weight excluding hydrogens is 438 g/mol. The summed E-state index contributed by atoms with van der Waals surface area (Å²) in [5.74, 6) is 4.70. The number of hydrogen-bond acceptors (Lipinski definition) is 5. The molecule has 2 N–H and O–H groups in total. The van der Waals surface area contributed by atoms with Crippen LogP contribution in [0.2, 0.25) is 0 Å². The number of pyridine rings is 2. The standard InChI is InChI=1S/C25H19N3O4S/c1-16-14-17(2)24(23-20(16)7-5-13-26-23)33(31,32)28-21-8-4-3-6-19(21)11-9-18-10-12-22(25(29)30)27-15-18/h3-8,10,12-15,28H,1-2H3,(H,29,30). The second-order valence-corrected chi connectivity index (χ2v) is 9.00. The summed E-state index contributed by atoms with van der Waals surface area (Å²) in [6, 6.07) is 15.2. The Balaban J connectivity index is 1.72. The molecule has 0 radical (unpaired) electrons. The summed E-state index contributed by atoms with van der Waals surface area (Å²) in [6.07, 6.45) is 2.93. The Labute approximate surface area is 191 Å². The van der Waals surface area contributed by atoms with E-state index in [1.54, 1.807) is 49.5 Å². The number of nitrogens with zero attached hydrogens (tertiary/aromatic N) is 2. The van der Waals surface area contributed by atoms with E-state index in [-0.39, 0.29) is 10.6 Å². The van der Waals surface area contributed by atoms with Gasteiger partial charge in [-0.1, -0.05) is 36.1 Å². The Hall–Kier alpha value is -4.22. The van der Waals surface area contributed by atoms with E-state index in [4.69, 9.17) is 5.11 Å². The first-order valence-electron chi connectivity index (χ1n) is 9.94. The van der Waals surface area contributed by atoms with Crippen molar-refractivity contribution in [1.82, 2.24) is 9.97 Å². The number of aromatic carboxylic acids is 1. The molecule has 7 nitrogen and oxygen atoms in total. The normalized spacial score (nSPS) is 11.0. The fourth-order valence-corrected chi connectivity index (χ4v) is 4.98. The summed E-state index contributed by atoms with van der Waals surface area (Å²) in [6.45, 7) is 3.67. The largest absolute Gasteiger partial charge is 0.477 e. The number of sulfonamides is 1. The molecule has 0 amide bonds. The highest BCUT2D eigenvalue weighted by Crippen LogP contribution is 2.29. The van der Waals surface area contributed by atoms with Crippen molar-refractivity contribution in [3.05, 3.63) is 94.9 Å². The number of hydrogen-bond donors (Lipinski definition) is 2. The molecule has 0 saturated carbocycles. The second-order valence-electron chi connectivity index (χ2n) is 7.38. The second kappa shape index (κ2) is 8.73. The highest BCUT2D eigenvalue weighted by molar-refractivity contribution is 7.93. The number of anilines is 1. The first-order valence-corrected chi connectivity index (χ1v) is 11.4. The molecule has 0 fully saturated rings. The molecule has 0 bridgehead atoms. The summed E-state index contributed by atoms with van der Waals surface area (Å²) < 4.78 is 29.5. The fourth-order valence-electron chi connectivity index (χ4n) is 3.51. The molecule has 0 aliphatic heterocycles. The number of rotatable bonds is 4. The van der Waals surface area contributed by atoms with Crippen LogP contribution in [0.1, 0.15) is 32.7 Å². The van der Waals surface area contributed by atoms with Crippen molar-refractivity contribution in [2.75, 3.05) is 4.72 Å². The Morgan fingerprint density at radius 2 is 1.76 bits per heavy atom. The van der Waals surface area contributed by atoms with Crippen LogP contribution in [0.25, 0.3) is 10.9 Å². The smallest absolute Gasteiger partial charge is 0.354 e. The number of aryl methyl sites for hydroxylation is 2. The lowest BCUT2D eigenvalue weighted by Gasteiger charge is -2.15. The van der Waals surface area contributed by atoms with Crippen molar-refractivity contribution >= 4 is 32.6 Å². The van der Waals surface area contributed by atoms with Gasteiger partial charge in [0.15, 0.2) is 0 Å². The average molecular weight is 458 g/mol. The number of nitrogens with one attached hydrogen (secondary N) is 1. The van der Waals surface area contributed by atoms with Crippen molar-refractivity contribution in [2.24, 2.45) is 0 Å². The Morgan fingerprint density at radius 3 is 2.48 bits per heavy atom. The first-order chi connectivity index (χ1) is 15.8. The summed E-state index contributed by atoms with van der Waals surface area (Å²) in [4.78, 5) is 19.2. The average Bonchev–Trinajstić information content (AvgIpc) is 2.78. The third kappa shape index (κ3) is 4.54. The van der Waals surface area contributed by atoms with E-state index >= 15 is 0 Å². The molecule has 0 aliphatic rings. The molecule has 33 heavy (non-hydrogen) atoms. The summed E-state index contributed by atoms with van der Waals surface area (Å²) in [7, 11) is -3.97. The van der Waals surface area contributed by atoms with Crippen molar-refractivity contribution in [3.63, 3.8) is 0 Å². The number of carbonyl (C=O) groups is 1. The molecule has 0 atom stereocenters. The number of carboxylic acids is 1. The van der Waals surface area contributed by atoms with Crippen LogP contribution in [-0.4, -0.2) is 29.5 Å². The lowest BCUT2D eigenvalue weighted by molar-refractivity contribution is 0.0690. The molecule has 164 valence electrons. The predicted molar refractivity (Wildman–Crippen MR) is 126 cm³/mol. The fraction of sp³-hybridized carbons (Fsp3) is 0.0800. The lowest BCUT2D eigenvalue weighted by Crippen LogP contribution is -2.16. The van der Waals surface area contributed by atoms with Crippen LogP contribution in [0, 0.1) is 25.7 Å². The Kier molecular flexibility index (Phi) is 5.82. The van der Waals surface area contributed by atoms with Gasteiger partial charge >= 0.3 is 5.97 Å². The highest BCUT2D eigenvalue weighted by atomic mass is 32.2. The zero-order valence-corrected chi connectivity index (χ0v) is 18.6. The van der Waals surface area contributed by atoms with Crippen LogP contribution in [0.15, 0.2) is 71.9 Å². The highest BCUT2D eigenvalue weighted by Gasteiger charge is 2.23. The third-order valence-electron chi connectivity index (χ3n) is 5.00. The number of carboxylic acid groups (broad SMARTS) is 1. The predicted octanol–water partition coefficient (Wildman–Crippen LogP) is 4.15. The monoisotopic (exact) mass is 457 g/mol. The van der Waals surface area contributed by atoms with Gasteiger partial charge < -0.3 is 5.11 Å². The molecule has 2 heterocycles. The van der Waals surface area contributed by atoms with Gasteiger partial charge in [0, 0.05) is 28.9 Å². The van der Waals surface area contributed by atoms with E-state index in [0.717, 1.165) is 10.9 Å². The molecular formula is C25H19N3O4S. The maximum Gasteiger partial charge on any atom is 0.354 e. The summed E-state index contributed by atoms with van der Waals surface area (Å²) in [5.41, 5.74) is 3.16. The molecule has 0 aliphatic carbocycles. The topological polar surface area (TPSA) is 109 Å². The molecule has 4 rings (SSSR count). The van der Waals surface area contributed by atoms with E-state index in [0.29, 0.717) is 27.9 Å². The number of aromatic nitrogens is 2. The summed E-state index contributed by atoms with van der Waals surface area (Å²) in [5, 5.41) is 9.73. The third-order valence-corrected chi connectivity index (χ3v) is 6.54. The molecule has 2 aromatic carbocycles. The molecule has 4 aromatic rings. The van der Waals surface area contributed by atoms with Crippen LogP contribution in [-0.2, 0) is 10.0 Å². The maximum atomic E-state index is 13.4. The van der Waals surface area contributed by atoms with E-state index in [9.17, 15) is 13.2 Å². The minimum absolute atomic E-state index is 0.0805. The lowest BCUT2D eigenvalue weighted by atomic mass is 10.1. The quantitative estimate of drug-likeness (QED) is 0.446. The van der Waals surface area contributed by atoms with Crippen LogP contribution in [0.4, 0.5) is 5.69 Å². The molecule has 8 heteroatoms. The minimum Gasteiger partial charge on any atom is -0.477 e. The van der Waals surface area contributed by atoms with Gasteiger partial charge in [-0.2, -0.15) is 0 Å². The molecule has 0 saturated heterocycles. The van der Waals surface area contributed by atoms with Crippen LogP contribution >= 0.6 is 0 Å². The van der Waals surface area contributed by atoms with Crippen LogP contribution in [0.5, 0.6) is 0 Å². The van der Waals surface area contributed by atoms with Gasteiger partial charge in [0.1, 0.15) is 10.6 Å². The van der Waals surface area contributed by atoms with Gasteiger partial charge in [-0.05, 0) is 55.3 Å². The van der Waals surface area contributed by atoms with E-state index in [1.165, 1.54) is 12.3 Å². The zero-order chi connectivity index (χ0) is 23.6. The first kappa shape index (κ1) is 22.0. The summed E-state index contributed by atoms with van der Waals surface area (Å²) >= 11 is 0. The van der Waals surface area contributed by atoms with Crippen molar-refractivity contribution in [2.45, 2.75) is 18.7 Å². The SMILES string of the molecule is Cc1cc(C)c2cccnc2c1S(=O)(=O)Nc1ccccc1C#Cc1ccc(C(=O)O)nc1. The van der Waals surface area contributed by atoms with E-state index in [1.807, 2.05) is 19.1 Å². The Bertz CT molecular complexity index is 1550.